The Bertz CT molecular complexity index is 700. The highest BCUT2D eigenvalue weighted by atomic mass is 16.2. The van der Waals surface area contributed by atoms with E-state index in [1.54, 1.807) is 11.0 Å². The monoisotopic (exact) mass is 282 g/mol. The smallest absolute Gasteiger partial charge is 0.255 e. The lowest BCUT2D eigenvalue weighted by molar-refractivity contribution is 0.0714. The van der Waals surface area contributed by atoms with Crippen molar-refractivity contribution >= 4 is 5.91 Å². The number of hydrogen-bond donors (Lipinski definition) is 1. The number of aromatic nitrogens is 1. The molecule has 1 aliphatic rings. The molecule has 1 atom stereocenters. The van der Waals surface area contributed by atoms with Crippen molar-refractivity contribution in [1.82, 2.24) is 9.88 Å². The van der Waals surface area contributed by atoms with E-state index in [9.17, 15) is 9.59 Å². The summed E-state index contributed by atoms with van der Waals surface area (Å²) in [5, 5.41) is 0. The number of amides is 1. The molecule has 108 valence electrons. The van der Waals surface area contributed by atoms with Gasteiger partial charge in [-0.15, -0.1) is 0 Å². The molecule has 0 bridgehead atoms. The lowest BCUT2D eigenvalue weighted by atomic mass is 9.87. The van der Waals surface area contributed by atoms with Crippen LogP contribution in [-0.4, -0.2) is 22.8 Å². The van der Waals surface area contributed by atoms with Crippen LogP contribution in [0.5, 0.6) is 0 Å². The molecule has 1 amide bonds. The molecule has 2 aromatic rings. The molecule has 1 heterocycles. The van der Waals surface area contributed by atoms with Crippen LogP contribution in [0.25, 0.3) is 0 Å². The fourth-order valence-corrected chi connectivity index (χ4v) is 3.02. The summed E-state index contributed by atoms with van der Waals surface area (Å²) in [5.74, 6) is -0.0621. The lowest BCUT2D eigenvalue weighted by Gasteiger charge is -2.33. The summed E-state index contributed by atoms with van der Waals surface area (Å²) in [6.07, 6.45) is 4.62. The summed E-state index contributed by atoms with van der Waals surface area (Å²) in [6, 6.07) is 11.4. The number of benzene rings is 1. The molecule has 4 heteroatoms. The van der Waals surface area contributed by atoms with Crippen LogP contribution in [-0.2, 0) is 6.42 Å². The number of aromatic amines is 1. The second-order valence-electron chi connectivity index (χ2n) is 5.46. The molecule has 1 unspecified atom stereocenters. The Morgan fingerprint density at radius 3 is 2.81 bits per heavy atom. The van der Waals surface area contributed by atoms with Crippen molar-refractivity contribution in [1.29, 1.82) is 0 Å². The minimum absolute atomic E-state index is 0.0621. The number of nitrogens with zero attached hydrogens (tertiary/aromatic N) is 1. The van der Waals surface area contributed by atoms with Crippen molar-refractivity contribution in [2.24, 2.45) is 0 Å². The Morgan fingerprint density at radius 2 is 2.05 bits per heavy atom. The third-order valence-corrected chi connectivity index (χ3v) is 4.16. The number of fused-ring (bicyclic) bond motifs is 1. The SMILES string of the molecule is CN(C(=O)c1ccc(=O)[nH]c1)C1CCCc2ccccc21. The molecule has 4 nitrogen and oxygen atoms in total. The molecule has 1 aromatic heterocycles. The average molecular weight is 282 g/mol. The van der Waals surface area contributed by atoms with Gasteiger partial charge in [-0.1, -0.05) is 24.3 Å². The number of rotatable bonds is 2. The summed E-state index contributed by atoms with van der Waals surface area (Å²) in [7, 11) is 1.83. The fraction of sp³-hybridized carbons (Fsp3) is 0.294. The number of pyridine rings is 1. The van der Waals surface area contributed by atoms with E-state index in [2.05, 4.69) is 17.1 Å². The second kappa shape index (κ2) is 5.56. The topological polar surface area (TPSA) is 53.2 Å². The van der Waals surface area contributed by atoms with E-state index in [4.69, 9.17) is 0 Å². The fourth-order valence-electron chi connectivity index (χ4n) is 3.02. The summed E-state index contributed by atoms with van der Waals surface area (Å²) >= 11 is 0. The van der Waals surface area contributed by atoms with Crippen molar-refractivity contribution in [3.05, 3.63) is 69.6 Å². The maximum Gasteiger partial charge on any atom is 0.255 e. The number of aryl methyl sites for hydroxylation is 1. The van der Waals surface area contributed by atoms with Gasteiger partial charge in [-0.25, -0.2) is 0 Å². The molecule has 1 aliphatic carbocycles. The van der Waals surface area contributed by atoms with Gasteiger partial charge in [0.25, 0.3) is 5.91 Å². The van der Waals surface area contributed by atoms with Gasteiger partial charge in [0.1, 0.15) is 0 Å². The molecular formula is C17H18N2O2. The van der Waals surface area contributed by atoms with Gasteiger partial charge in [0, 0.05) is 19.3 Å². The number of carbonyl (C=O) groups is 1. The molecule has 0 radical (unpaired) electrons. The van der Waals surface area contributed by atoms with E-state index >= 15 is 0 Å². The highest BCUT2D eigenvalue weighted by Crippen LogP contribution is 2.33. The molecule has 1 N–H and O–H groups in total. The number of hydrogen-bond acceptors (Lipinski definition) is 2. The van der Waals surface area contributed by atoms with Gasteiger partial charge in [-0.2, -0.15) is 0 Å². The minimum atomic E-state index is -0.197. The quantitative estimate of drug-likeness (QED) is 0.920. The summed E-state index contributed by atoms with van der Waals surface area (Å²) in [6.45, 7) is 0. The number of carbonyl (C=O) groups excluding carboxylic acids is 1. The third-order valence-electron chi connectivity index (χ3n) is 4.16. The molecule has 0 spiro atoms. The van der Waals surface area contributed by atoms with Gasteiger partial charge in [0.05, 0.1) is 11.6 Å². The predicted molar refractivity (Wildman–Crippen MR) is 81.3 cm³/mol. The average Bonchev–Trinajstić information content (AvgIpc) is 2.53. The summed E-state index contributed by atoms with van der Waals surface area (Å²) in [5.41, 5.74) is 2.89. The highest BCUT2D eigenvalue weighted by Gasteiger charge is 2.27. The van der Waals surface area contributed by atoms with Gasteiger partial charge in [-0.3, -0.25) is 9.59 Å². The van der Waals surface area contributed by atoms with Crippen molar-refractivity contribution in [2.75, 3.05) is 7.05 Å². The summed E-state index contributed by atoms with van der Waals surface area (Å²) < 4.78 is 0. The Morgan fingerprint density at radius 1 is 1.24 bits per heavy atom. The van der Waals surface area contributed by atoms with Gasteiger partial charge >= 0.3 is 0 Å². The summed E-state index contributed by atoms with van der Waals surface area (Å²) in [4.78, 5) is 28.0. The van der Waals surface area contributed by atoms with Gasteiger partial charge < -0.3 is 9.88 Å². The lowest BCUT2D eigenvalue weighted by Crippen LogP contribution is -2.33. The van der Waals surface area contributed by atoms with E-state index < -0.39 is 0 Å². The van der Waals surface area contributed by atoms with E-state index in [1.165, 1.54) is 23.4 Å². The maximum absolute atomic E-state index is 12.6. The standard InChI is InChI=1S/C17H18N2O2/c1-19(17(21)13-9-10-16(20)18-11-13)15-8-4-6-12-5-2-3-7-14(12)15/h2-3,5,7,9-11,15H,4,6,8H2,1H3,(H,18,20). The van der Waals surface area contributed by atoms with Crippen LogP contribution in [0.1, 0.15) is 40.4 Å². The van der Waals surface area contributed by atoms with Crippen molar-refractivity contribution < 1.29 is 4.79 Å². The van der Waals surface area contributed by atoms with Gasteiger partial charge in [0.2, 0.25) is 5.56 Å². The Kier molecular flexibility index (Phi) is 3.60. The van der Waals surface area contributed by atoms with Crippen LogP contribution in [0.15, 0.2) is 47.4 Å². The van der Waals surface area contributed by atoms with Crippen LogP contribution >= 0.6 is 0 Å². The highest BCUT2D eigenvalue weighted by molar-refractivity contribution is 5.94. The Balaban J connectivity index is 1.89. The molecule has 0 saturated heterocycles. The van der Waals surface area contributed by atoms with E-state index in [-0.39, 0.29) is 17.5 Å². The van der Waals surface area contributed by atoms with E-state index in [0.29, 0.717) is 5.56 Å². The predicted octanol–water partition coefficient (Wildman–Crippen LogP) is 2.52. The first kappa shape index (κ1) is 13.6. The number of H-pyrrole nitrogens is 1. The maximum atomic E-state index is 12.6. The van der Waals surface area contributed by atoms with Crippen molar-refractivity contribution in [3.63, 3.8) is 0 Å². The van der Waals surface area contributed by atoms with Crippen LogP contribution in [0.4, 0.5) is 0 Å². The van der Waals surface area contributed by atoms with Crippen LogP contribution < -0.4 is 5.56 Å². The Hall–Kier alpha value is -2.36. The number of nitrogens with one attached hydrogen (secondary N) is 1. The molecule has 21 heavy (non-hydrogen) atoms. The van der Waals surface area contributed by atoms with Crippen LogP contribution in [0, 0.1) is 0 Å². The minimum Gasteiger partial charge on any atom is -0.335 e. The van der Waals surface area contributed by atoms with E-state index in [1.807, 2.05) is 19.2 Å². The molecular weight excluding hydrogens is 264 g/mol. The van der Waals surface area contributed by atoms with Crippen LogP contribution in [0.3, 0.4) is 0 Å². The zero-order chi connectivity index (χ0) is 14.8. The molecule has 0 fully saturated rings. The van der Waals surface area contributed by atoms with E-state index in [0.717, 1.165) is 19.3 Å². The third kappa shape index (κ3) is 2.61. The zero-order valence-corrected chi connectivity index (χ0v) is 12.0. The first-order valence-electron chi connectivity index (χ1n) is 7.20. The van der Waals surface area contributed by atoms with Gasteiger partial charge in [0.15, 0.2) is 0 Å². The molecule has 0 aliphatic heterocycles. The first-order chi connectivity index (χ1) is 10.2. The van der Waals surface area contributed by atoms with Crippen molar-refractivity contribution in [2.45, 2.75) is 25.3 Å². The Labute approximate surface area is 123 Å². The van der Waals surface area contributed by atoms with Crippen molar-refractivity contribution in [3.8, 4) is 0 Å². The molecule has 3 rings (SSSR count). The molecule has 0 saturated carbocycles. The normalized spacial score (nSPS) is 17.1. The molecule has 1 aromatic carbocycles. The zero-order valence-electron chi connectivity index (χ0n) is 12.0. The van der Waals surface area contributed by atoms with Gasteiger partial charge in [-0.05, 0) is 36.5 Å². The largest absolute Gasteiger partial charge is 0.335 e. The van der Waals surface area contributed by atoms with Crippen LogP contribution in [0.2, 0.25) is 0 Å². The second-order valence-corrected chi connectivity index (χ2v) is 5.46. The first-order valence-corrected chi connectivity index (χ1v) is 7.20.